The minimum Gasteiger partial charge on any atom is -0.453 e. The summed E-state index contributed by atoms with van der Waals surface area (Å²) in [5, 5.41) is 17.3. The van der Waals surface area contributed by atoms with Crippen molar-refractivity contribution in [2.24, 2.45) is 0 Å². The Morgan fingerprint density at radius 3 is 1.54 bits per heavy atom. The third kappa shape index (κ3) is 11.2. The summed E-state index contributed by atoms with van der Waals surface area (Å²) in [7, 11) is 1.30. The number of ether oxygens (including phenoxy) is 2. The van der Waals surface area contributed by atoms with E-state index in [0.717, 1.165) is 14.2 Å². The second kappa shape index (κ2) is 19.3. The number of hydrogen-bond acceptors (Lipinski definition) is 12. The number of hydrogen-bond donors (Lipinski definition) is 4. The van der Waals surface area contributed by atoms with Gasteiger partial charge >= 0.3 is 19.3 Å². The molecule has 0 bridgehead atoms. The average Bonchev–Trinajstić information content (AvgIpc) is 3.84. The van der Waals surface area contributed by atoms with E-state index in [9.17, 15) is 19.2 Å². The van der Waals surface area contributed by atoms with Crippen molar-refractivity contribution in [3.63, 3.8) is 0 Å². The van der Waals surface area contributed by atoms with Crippen LogP contribution in [0.4, 0.5) is 21.0 Å². The van der Waals surface area contributed by atoms with Crippen molar-refractivity contribution < 1.29 is 38.7 Å². The molecule has 0 aliphatic carbocycles. The van der Waals surface area contributed by atoms with E-state index in [2.05, 4.69) is 20.7 Å². The first kappa shape index (κ1) is 40.2. The van der Waals surface area contributed by atoms with Gasteiger partial charge in [-0.3, -0.25) is 9.59 Å². The molecule has 4 aromatic rings. The maximum Gasteiger partial charge on any atom is 0.488 e. The number of nitrogens with zero attached hydrogens (tertiary/aromatic N) is 4. The smallest absolute Gasteiger partial charge is 0.453 e. The van der Waals surface area contributed by atoms with Gasteiger partial charge in [-0.05, 0) is 75.5 Å². The van der Waals surface area contributed by atoms with Gasteiger partial charge in [-0.2, -0.15) is 0 Å². The molecule has 2 aliphatic rings. The largest absolute Gasteiger partial charge is 0.488 e. The zero-order valence-corrected chi connectivity index (χ0v) is 31.9. The topological polar surface area (TPSA) is 192 Å². The highest BCUT2D eigenvalue weighted by Gasteiger charge is 2.27. The van der Waals surface area contributed by atoms with Gasteiger partial charge in [-0.1, -0.05) is 24.3 Å². The van der Waals surface area contributed by atoms with Crippen LogP contribution in [0.25, 0.3) is 10.4 Å². The van der Waals surface area contributed by atoms with Gasteiger partial charge < -0.3 is 50.6 Å². The normalized spacial score (nSPS) is 13.9. The van der Waals surface area contributed by atoms with Crippen molar-refractivity contribution in [1.29, 1.82) is 0 Å². The molecule has 4 amide bonds. The minimum absolute atomic E-state index is 0.000307. The number of nitrogens with two attached hydrogens (primary N) is 2. The fourth-order valence-corrected chi connectivity index (χ4v) is 7.53. The van der Waals surface area contributed by atoms with Crippen LogP contribution < -0.4 is 16.9 Å². The van der Waals surface area contributed by atoms with Gasteiger partial charge in [-0.15, -0.1) is 22.7 Å². The van der Waals surface area contributed by atoms with Crippen LogP contribution in [0.15, 0.2) is 76.6 Å². The summed E-state index contributed by atoms with van der Waals surface area (Å²) in [6, 6.07) is 21.5. The average molecular weight is 816 g/mol. The highest BCUT2D eigenvalue weighted by Crippen LogP contribution is 2.30. The van der Waals surface area contributed by atoms with E-state index >= 15 is 0 Å². The lowest BCUT2D eigenvalue weighted by Crippen LogP contribution is -2.50. The number of rotatable bonds is 4. The third-order valence-corrected chi connectivity index (χ3v) is 10.7. The molecule has 276 valence electrons. The van der Waals surface area contributed by atoms with Gasteiger partial charge in [0.25, 0.3) is 11.8 Å². The van der Waals surface area contributed by atoms with Gasteiger partial charge in [0, 0.05) is 68.6 Å². The molecule has 52 heavy (non-hydrogen) atoms. The van der Waals surface area contributed by atoms with Crippen molar-refractivity contribution in [1.82, 2.24) is 19.6 Å². The molecule has 2 saturated heterocycles. The number of carbonyl (C=O) groups excluding carboxylic acids is 4. The Bertz CT molecular complexity index is 1830. The summed E-state index contributed by atoms with van der Waals surface area (Å²) < 4.78 is 10.3. The van der Waals surface area contributed by atoms with E-state index < -0.39 is 7.12 Å². The highest BCUT2D eigenvalue weighted by molar-refractivity contribution is 9.11. The molecule has 6 N–H and O–H groups in total. The van der Waals surface area contributed by atoms with Gasteiger partial charge in [-0.25, -0.2) is 9.59 Å². The quantitative estimate of drug-likeness (QED) is 0.175. The lowest BCUT2D eigenvalue weighted by atomic mass is 9.80. The monoisotopic (exact) mass is 814 g/mol. The molecule has 0 saturated carbocycles. The highest BCUT2D eigenvalue weighted by atomic mass is 79.9. The molecule has 2 aromatic carbocycles. The van der Waals surface area contributed by atoms with Gasteiger partial charge in [0.05, 0.1) is 27.8 Å². The number of carbonyl (C=O) groups is 4. The summed E-state index contributed by atoms with van der Waals surface area (Å²) in [6.45, 7) is 4.14. The predicted molar refractivity (Wildman–Crippen MR) is 207 cm³/mol. The standard InChI is InChI=1S/C17H19N3O3S.C11H13BrN2O3S.C6H8BNO2/c1-23-17(22)20-9-7-19(8-10-20)16(21)15-6-5-14(24-15)12-3-2-4-13(18)11-12;1-17-11(16)14-6-4-13(5-7-14)10(15)8-2-3-9(12)18-8;8-6-3-1-2-5(4-6)7(9)10/h2-6,11H,7-10,18H2,1H3;2-3H,4-7H2,1H3;1-4,9-10H,8H2. The fourth-order valence-electron chi connectivity index (χ4n) is 5.20. The number of methoxy groups -OCH3 is 2. The van der Waals surface area contributed by atoms with Crippen molar-refractivity contribution >= 4 is 86.6 Å². The van der Waals surface area contributed by atoms with E-state index in [0.29, 0.717) is 78.9 Å². The number of anilines is 2. The van der Waals surface area contributed by atoms with Crippen molar-refractivity contribution in [3.05, 3.63) is 86.3 Å². The van der Waals surface area contributed by atoms with Gasteiger partial charge in [0.1, 0.15) is 0 Å². The molecule has 18 heteroatoms. The lowest BCUT2D eigenvalue weighted by molar-refractivity contribution is 0.0602. The Balaban J connectivity index is 0.000000190. The minimum atomic E-state index is -1.43. The van der Waals surface area contributed by atoms with Crippen molar-refractivity contribution in [2.45, 2.75) is 0 Å². The number of halogens is 1. The zero-order chi connectivity index (χ0) is 37.8. The first-order chi connectivity index (χ1) is 24.9. The molecule has 2 aromatic heterocycles. The van der Waals surface area contributed by atoms with Gasteiger partial charge in [0.2, 0.25) is 0 Å². The number of amides is 4. The SMILES string of the molecule is COC(=O)N1CCN(C(=O)c2ccc(-c3cccc(N)c3)s2)CC1.COC(=O)N1CCN(C(=O)c2ccc(Br)s2)CC1.Nc1cccc(B(O)O)c1. The summed E-state index contributed by atoms with van der Waals surface area (Å²) in [4.78, 5) is 56.7. The Labute approximate surface area is 318 Å². The summed E-state index contributed by atoms with van der Waals surface area (Å²) >= 11 is 6.22. The van der Waals surface area contributed by atoms with Crippen molar-refractivity contribution in [3.8, 4) is 10.4 Å². The molecular weight excluding hydrogens is 775 g/mol. The molecule has 4 heterocycles. The first-order valence-electron chi connectivity index (χ1n) is 16.1. The number of thiophene rings is 2. The number of piperazine rings is 2. The van der Waals surface area contributed by atoms with Crippen LogP contribution in [0.2, 0.25) is 0 Å². The van der Waals surface area contributed by atoms with E-state index in [1.54, 1.807) is 37.8 Å². The van der Waals surface area contributed by atoms with E-state index in [-0.39, 0.29) is 24.0 Å². The second-order valence-electron chi connectivity index (χ2n) is 11.4. The first-order valence-corrected chi connectivity index (χ1v) is 18.5. The van der Waals surface area contributed by atoms with E-state index in [1.807, 2.05) is 48.5 Å². The van der Waals surface area contributed by atoms with Crippen LogP contribution in [0.5, 0.6) is 0 Å². The van der Waals surface area contributed by atoms with Crippen LogP contribution >= 0.6 is 38.6 Å². The molecule has 0 unspecified atom stereocenters. The lowest BCUT2D eigenvalue weighted by Gasteiger charge is -2.33. The van der Waals surface area contributed by atoms with E-state index in [1.165, 1.54) is 43.0 Å². The fraction of sp³-hybridized carbons (Fsp3) is 0.294. The Morgan fingerprint density at radius 1 is 0.654 bits per heavy atom. The molecular formula is C34H40BBrN6O8S2. The van der Waals surface area contributed by atoms with Crippen LogP contribution in [0.3, 0.4) is 0 Å². The van der Waals surface area contributed by atoms with Crippen LogP contribution in [-0.2, 0) is 9.47 Å². The van der Waals surface area contributed by atoms with Crippen LogP contribution in [-0.4, -0.2) is 127 Å². The van der Waals surface area contributed by atoms with Crippen LogP contribution in [0, 0.1) is 0 Å². The molecule has 0 spiro atoms. The van der Waals surface area contributed by atoms with Gasteiger partial charge in [0.15, 0.2) is 0 Å². The molecule has 0 radical (unpaired) electrons. The van der Waals surface area contributed by atoms with E-state index in [4.69, 9.17) is 26.3 Å². The van der Waals surface area contributed by atoms with Crippen LogP contribution in [0.1, 0.15) is 19.3 Å². The number of benzene rings is 2. The summed E-state index contributed by atoms with van der Waals surface area (Å²) in [5.74, 6) is 0.0230. The zero-order valence-electron chi connectivity index (χ0n) is 28.6. The molecule has 2 aliphatic heterocycles. The maximum atomic E-state index is 12.6. The summed E-state index contributed by atoms with van der Waals surface area (Å²) in [6.07, 6.45) is -0.678. The third-order valence-electron chi connectivity index (χ3n) is 7.98. The summed E-state index contributed by atoms with van der Waals surface area (Å²) in [5.41, 5.74) is 13.8. The number of nitrogen functional groups attached to an aromatic ring is 2. The Kier molecular flexibility index (Phi) is 14.9. The second-order valence-corrected chi connectivity index (χ2v) is 15.0. The molecule has 14 nitrogen and oxygen atoms in total. The maximum absolute atomic E-state index is 12.6. The molecule has 2 fully saturated rings. The molecule has 0 atom stereocenters. The Hall–Kier alpha value is -4.62. The molecule has 6 rings (SSSR count). The Morgan fingerprint density at radius 2 is 1.12 bits per heavy atom. The predicted octanol–water partition coefficient (Wildman–Crippen LogP) is 3.50. The van der Waals surface area contributed by atoms with Crippen molar-refractivity contribution in [2.75, 3.05) is 78.0 Å².